The second-order valence-electron chi connectivity index (χ2n) is 6.34. The quantitative estimate of drug-likeness (QED) is 0.842. The van der Waals surface area contributed by atoms with Crippen LogP contribution < -0.4 is 10.6 Å². The van der Waals surface area contributed by atoms with Gasteiger partial charge in [0.2, 0.25) is 0 Å². The normalized spacial score (nSPS) is 26.3. The van der Waals surface area contributed by atoms with Crippen molar-refractivity contribution in [3.05, 3.63) is 0 Å². The van der Waals surface area contributed by atoms with Crippen LogP contribution in [0, 0.1) is 5.92 Å². The Morgan fingerprint density at radius 1 is 1.29 bits per heavy atom. The first kappa shape index (κ1) is 16.4. The number of carbonyl (C=O) groups is 1. The number of nitrogens with one attached hydrogen (secondary N) is 2. The lowest BCUT2D eigenvalue weighted by Crippen LogP contribution is -2.56. The van der Waals surface area contributed by atoms with E-state index >= 15 is 0 Å². The second kappa shape index (κ2) is 6.02. The number of alkyl halides is 3. The van der Waals surface area contributed by atoms with Gasteiger partial charge in [-0.2, -0.15) is 13.2 Å². The summed E-state index contributed by atoms with van der Waals surface area (Å²) in [6.07, 6.45) is 0.0259. The molecule has 2 rings (SSSR count). The summed E-state index contributed by atoms with van der Waals surface area (Å²) in [6.45, 7) is 3.43. The molecule has 1 heterocycles. The number of halogens is 3. The van der Waals surface area contributed by atoms with E-state index in [1.54, 1.807) is 0 Å². The Morgan fingerprint density at radius 3 is 2.43 bits per heavy atom. The third-order valence-corrected chi connectivity index (χ3v) is 4.49. The molecule has 0 aromatic carbocycles. The van der Waals surface area contributed by atoms with Crippen molar-refractivity contribution in [2.45, 2.75) is 69.8 Å². The topological polar surface area (TPSA) is 50.4 Å². The van der Waals surface area contributed by atoms with Gasteiger partial charge < -0.3 is 15.4 Å². The average molecular weight is 308 g/mol. The maximum atomic E-state index is 12.9. The lowest BCUT2D eigenvalue weighted by Gasteiger charge is -2.32. The standard InChI is InChI=1S/C14H23F3N2O2/c1-9(2)11(14(15,16)17)19-12(20)18-10-5-8-21-13(10)6-3-4-7-13/h9-11H,3-8H2,1-2H3,(H2,18,19,20)/t10?,11-/m0/s1. The molecule has 2 fully saturated rings. The molecule has 2 amide bonds. The smallest absolute Gasteiger partial charge is 0.373 e. The maximum Gasteiger partial charge on any atom is 0.408 e. The minimum Gasteiger partial charge on any atom is -0.373 e. The summed E-state index contributed by atoms with van der Waals surface area (Å²) < 4.78 is 44.4. The molecule has 4 nitrogen and oxygen atoms in total. The molecule has 122 valence electrons. The second-order valence-corrected chi connectivity index (χ2v) is 6.34. The first-order valence-electron chi connectivity index (χ1n) is 7.52. The van der Waals surface area contributed by atoms with Gasteiger partial charge in [0.1, 0.15) is 6.04 Å². The van der Waals surface area contributed by atoms with Crippen molar-refractivity contribution in [3.8, 4) is 0 Å². The Labute approximate surface area is 122 Å². The fraction of sp³-hybridized carbons (Fsp3) is 0.929. The van der Waals surface area contributed by atoms with Gasteiger partial charge in [0, 0.05) is 6.61 Å². The largest absolute Gasteiger partial charge is 0.408 e. The van der Waals surface area contributed by atoms with Gasteiger partial charge in [0.15, 0.2) is 0 Å². The Kier molecular flexibility index (Phi) is 4.70. The summed E-state index contributed by atoms with van der Waals surface area (Å²) in [4.78, 5) is 11.9. The molecule has 2 atom stereocenters. The Hall–Kier alpha value is -0.980. The van der Waals surface area contributed by atoms with Crippen LogP contribution in [-0.4, -0.2) is 36.5 Å². The summed E-state index contributed by atoms with van der Waals surface area (Å²) >= 11 is 0. The van der Waals surface area contributed by atoms with Gasteiger partial charge in [-0.15, -0.1) is 0 Å². The zero-order chi connectivity index (χ0) is 15.7. The number of hydrogen-bond acceptors (Lipinski definition) is 2. The van der Waals surface area contributed by atoms with Crippen molar-refractivity contribution in [2.75, 3.05) is 6.61 Å². The molecule has 1 aliphatic heterocycles. The van der Waals surface area contributed by atoms with E-state index in [0.29, 0.717) is 13.0 Å². The zero-order valence-electron chi connectivity index (χ0n) is 12.4. The van der Waals surface area contributed by atoms with Crippen molar-refractivity contribution in [1.29, 1.82) is 0 Å². The van der Waals surface area contributed by atoms with Crippen LogP contribution in [0.3, 0.4) is 0 Å². The molecule has 2 N–H and O–H groups in total. The van der Waals surface area contributed by atoms with Gasteiger partial charge in [-0.3, -0.25) is 0 Å². The van der Waals surface area contributed by atoms with Crippen molar-refractivity contribution >= 4 is 6.03 Å². The summed E-state index contributed by atoms with van der Waals surface area (Å²) in [5.74, 6) is -0.712. The van der Waals surface area contributed by atoms with E-state index in [-0.39, 0.29) is 11.6 Å². The number of rotatable bonds is 3. The van der Waals surface area contributed by atoms with Crippen LogP contribution in [0.2, 0.25) is 0 Å². The van der Waals surface area contributed by atoms with E-state index in [1.165, 1.54) is 13.8 Å². The first-order valence-corrected chi connectivity index (χ1v) is 7.52. The van der Waals surface area contributed by atoms with E-state index in [0.717, 1.165) is 25.7 Å². The maximum absolute atomic E-state index is 12.9. The van der Waals surface area contributed by atoms with Gasteiger partial charge in [-0.25, -0.2) is 4.79 Å². The molecule has 2 aliphatic rings. The van der Waals surface area contributed by atoms with Crippen molar-refractivity contribution < 1.29 is 22.7 Å². The highest BCUT2D eigenvalue weighted by molar-refractivity contribution is 5.75. The zero-order valence-corrected chi connectivity index (χ0v) is 12.4. The lowest BCUT2D eigenvalue weighted by atomic mass is 9.92. The fourth-order valence-electron chi connectivity index (χ4n) is 3.38. The average Bonchev–Trinajstić information content (AvgIpc) is 2.97. The predicted octanol–water partition coefficient (Wildman–Crippen LogP) is 2.97. The summed E-state index contributed by atoms with van der Waals surface area (Å²) in [5.41, 5.74) is -0.358. The van der Waals surface area contributed by atoms with E-state index in [1.807, 2.05) is 0 Å². The molecule has 1 aliphatic carbocycles. The van der Waals surface area contributed by atoms with E-state index in [4.69, 9.17) is 4.74 Å². The van der Waals surface area contributed by atoms with Crippen molar-refractivity contribution in [3.63, 3.8) is 0 Å². The lowest BCUT2D eigenvalue weighted by molar-refractivity contribution is -0.162. The van der Waals surface area contributed by atoms with Crippen LogP contribution in [0.5, 0.6) is 0 Å². The van der Waals surface area contributed by atoms with Crippen LogP contribution in [0.1, 0.15) is 46.0 Å². The Morgan fingerprint density at radius 2 is 1.90 bits per heavy atom. The van der Waals surface area contributed by atoms with Crippen LogP contribution in [-0.2, 0) is 4.74 Å². The van der Waals surface area contributed by atoms with Crippen molar-refractivity contribution in [2.24, 2.45) is 5.92 Å². The van der Waals surface area contributed by atoms with Crippen LogP contribution in [0.4, 0.5) is 18.0 Å². The number of carbonyl (C=O) groups excluding carboxylic acids is 1. The molecule has 21 heavy (non-hydrogen) atoms. The summed E-state index contributed by atoms with van der Waals surface area (Å²) in [6, 6.07) is -2.78. The number of ether oxygens (including phenoxy) is 1. The Bertz CT molecular complexity index is 373. The van der Waals surface area contributed by atoms with Gasteiger partial charge in [-0.1, -0.05) is 26.7 Å². The molecule has 0 bridgehead atoms. The molecule has 1 saturated heterocycles. The Balaban J connectivity index is 1.95. The number of hydrogen-bond donors (Lipinski definition) is 2. The molecular weight excluding hydrogens is 285 g/mol. The van der Waals surface area contributed by atoms with E-state index in [2.05, 4.69) is 10.6 Å². The van der Waals surface area contributed by atoms with Gasteiger partial charge >= 0.3 is 12.2 Å². The van der Waals surface area contributed by atoms with Gasteiger partial charge in [-0.05, 0) is 25.2 Å². The van der Waals surface area contributed by atoms with Crippen molar-refractivity contribution in [1.82, 2.24) is 10.6 Å². The minimum absolute atomic E-state index is 0.193. The van der Waals surface area contributed by atoms with Gasteiger partial charge in [0.05, 0.1) is 11.6 Å². The number of urea groups is 1. The molecule has 7 heteroatoms. The minimum atomic E-state index is -4.44. The van der Waals surface area contributed by atoms with Crippen LogP contribution in [0.15, 0.2) is 0 Å². The summed E-state index contributed by atoms with van der Waals surface area (Å²) in [5, 5.41) is 4.75. The number of amides is 2. The monoisotopic (exact) mass is 308 g/mol. The highest BCUT2D eigenvalue weighted by Gasteiger charge is 2.48. The first-order chi connectivity index (χ1) is 9.74. The van der Waals surface area contributed by atoms with Gasteiger partial charge in [0.25, 0.3) is 0 Å². The van der Waals surface area contributed by atoms with Crippen LogP contribution in [0.25, 0.3) is 0 Å². The summed E-state index contributed by atoms with van der Waals surface area (Å²) in [7, 11) is 0. The van der Waals surface area contributed by atoms with Crippen LogP contribution >= 0.6 is 0 Å². The van der Waals surface area contributed by atoms with E-state index < -0.39 is 24.2 Å². The molecule has 0 aromatic rings. The molecule has 1 unspecified atom stereocenters. The van der Waals surface area contributed by atoms with E-state index in [9.17, 15) is 18.0 Å². The highest BCUT2D eigenvalue weighted by atomic mass is 19.4. The third kappa shape index (κ3) is 3.62. The highest BCUT2D eigenvalue weighted by Crippen LogP contribution is 2.41. The SMILES string of the molecule is CC(C)[C@H](NC(=O)NC1CCOC12CCCC2)C(F)(F)F. The molecule has 0 radical (unpaired) electrons. The molecule has 1 saturated carbocycles. The molecule has 1 spiro atoms. The predicted molar refractivity (Wildman–Crippen MR) is 71.9 cm³/mol. The third-order valence-electron chi connectivity index (χ3n) is 4.49. The molecule has 0 aromatic heterocycles. The molecular formula is C14H23F3N2O2. The fourth-order valence-corrected chi connectivity index (χ4v) is 3.38.